The predicted molar refractivity (Wildman–Crippen MR) is 106 cm³/mol. The number of rotatable bonds is 5. The van der Waals surface area contributed by atoms with Gasteiger partial charge in [0.1, 0.15) is 0 Å². The monoisotopic (exact) mass is 347 g/mol. The lowest BCUT2D eigenvalue weighted by Crippen LogP contribution is -2.42. The van der Waals surface area contributed by atoms with Crippen LogP contribution >= 0.6 is 0 Å². The highest BCUT2D eigenvalue weighted by molar-refractivity contribution is 5.81. The van der Waals surface area contributed by atoms with Crippen LogP contribution in [0.3, 0.4) is 0 Å². The lowest BCUT2D eigenvalue weighted by molar-refractivity contribution is -0.136. The van der Waals surface area contributed by atoms with Gasteiger partial charge in [0.15, 0.2) is 0 Å². The molecule has 0 aliphatic heterocycles. The van der Waals surface area contributed by atoms with Crippen molar-refractivity contribution in [2.75, 3.05) is 0 Å². The molecule has 0 unspecified atom stereocenters. The summed E-state index contributed by atoms with van der Waals surface area (Å²) in [5, 5.41) is 0. The van der Waals surface area contributed by atoms with Gasteiger partial charge in [-0.15, -0.1) is 0 Å². The van der Waals surface area contributed by atoms with Crippen LogP contribution in [-0.4, -0.2) is 16.8 Å². The molecule has 0 spiro atoms. The van der Waals surface area contributed by atoms with E-state index in [1.165, 1.54) is 29.5 Å². The normalized spacial score (nSPS) is 22.8. The van der Waals surface area contributed by atoms with Gasteiger partial charge in [0.25, 0.3) is 0 Å². The molecule has 4 rings (SSSR count). The zero-order valence-electron chi connectivity index (χ0n) is 15.7. The van der Waals surface area contributed by atoms with E-state index in [1.807, 2.05) is 0 Å². The van der Waals surface area contributed by atoms with Crippen molar-refractivity contribution in [2.24, 2.45) is 5.92 Å². The van der Waals surface area contributed by atoms with Crippen molar-refractivity contribution in [1.82, 2.24) is 4.90 Å². The van der Waals surface area contributed by atoms with Crippen molar-refractivity contribution >= 4 is 5.91 Å². The van der Waals surface area contributed by atoms with Crippen LogP contribution in [0.1, 0.15) is 61.1 Å². The van der Waals surface area contributed by atoms with Gasteiger partial charge in [-0.2, -0.15) is 0 Å². The summed E-state index contributed by atoms with van der Waals surface area (Å²) in [5.41, 5.74) is 4.05. The molecule has 2 aromatic carbocycles. The summed E-state index contributed by atoms with van der Waals surface area (Å²) in [5.74, 6) is 1.35. The Bertz CT molecular complexity index is 742. The molecule has 0 N–H and O–H groups in total. The van der Waals surface area contributed by atoms with E-state index in [0.717, 1.165) is 32.2 Å². The van der Waals surface area contributed by atoms with E-state index in [9.17, 15) is 4.79 Å². The first kappa shape index (κ1) is 17.3. The third-order valence-electron chi connectivity index (χ3n) is 6.22. The first-order valence-electron chi connectivity index (χ1n) is 10.1. The highest BCUT2D eigenvalue weighted by Gasteiger charge is 2.37. The Kier molecular flexibility index (Phi) is 5.10. The summed E-state index contributed by atoms with van der Waals surface area (Å²) < 4.78 is 0. The van der Waals surface area contributed by atoms with Crippen LogP contribution in [0.15, 0.2) is 54.6 Å². The number of benzene rings is 2. The highest BCUT2D eigenvalue weighted by atomic mass is 16.2. The van der Waals surface area contributed by atoms with Crippen molar-refractivity contribution < 1.29 is 4.79 Å². The molecular weight excluding hydrogens is 318 g/mol. The fourth-order valence-corrected chi connectivity index (χ4v) is 4.37. The maximum absolute atomic E-state index is 13.0. The summed E-state index contributed by atoms with van der Waals surface area (Å²) in [6.07, 6.45) is 6.81. The zero-order valence-corrected chi connectivity index (χ0v) is 15.7. The van der Waals surface area contributed by atoms with Gasteiger partial charge in [-0.25, -0.2) is 0 Å². The molecule has 0 radical (unpaired) electrons. The van der Waals surface area contributed by atoms with E-state index in [4.69, 9.17) is 0 Å². The Morgan fingerprint density at radius 1 is 0.885 bits per heavy atom. The van der Waals surface area contributed by atoms with Crippen LogP contribution in [0.2, 0.25) is 0 Å². The first-order valence-corrected chi connectivity index (χ1v) is 10.1. The Balaban J connectivity index is 1.46. The van der Waals surface area contributed by atoms with Crippen molar-refractivity contribution in [3.63, 3.8) is 0 Å². The topological polar surface area (TPSA) is 20.3 Å². The molecule has 2 fully saturated rings. The molecular formula is C24H29NO. The molecule has 0 heterocycles. The maximum Gasteiger partial charge on any atom is 0.226 e. The number of aryl methyl sites for hydroxylation is 1. The molecule has 0 saturated heterocycles. The largest absolute Gasteiger partial charge is 0.335 e. The van der Waals surface area contributed by atoms with Crippen LogP contribution in [0, 0.1) is 12.8 Å². The van der Waals surface area contributed by atoms with Gasteiger partial charge < -0.3 is 4.90 Å². The number of hydrogen-bond acceptors (Lipinski definition) is 1. The number of nitrogens with zero attached hydrogens (tertiary/aromatic N) is 1. The average molecular weight is 348 g/mol. The summed E-state index contributed by atoms with van der Waals surface area (Å²) in [6, 6.07) is 19.8. The van der Waals surface area contributed by atoms with E-state index in [-0.39, 0.29) is 0 Å². The van der Waals surface area contributed by atoms with Gasteiger partial charge in [0.2, 0.25) is 5.91 Å². The van der Waals surface area contributed by atoms with E-state index < -0.39 is 0 Å². The molecule has 1 amide bonds. The highest BCUT2D eigenvalue weighted by Crippen LogP contribution is 2.38. The van der Waals surface area contributed by atoms with Crippen molar-refractivity contribution in [3.05, 3.63) is 71.3 Å². The third kappa shape index (κ3) is 3.85. The second kappa shape index (κ2) is 7.65. The van der Waals surface area contributed by atoms with E-state index in [2.05, 4.69) is 66.4 Å². The van der Waals surface area contributed by atoms with E-state index in [1.54, 1.807) is 0 Å². The molecule has 2 nitrogen and oxygen atoms in total. The molecule has 2 heteroatoms. The minimum atomic E-state index is 0.297. The van der Waals surface area contributed by atoms with E-state index >= 15 is 0 Å². The predicted octanol–water partition coefficient (Wildman–Crippen LogP) is 5.46. The molecule has 2 saturated carbocycles. The average Bonchev–Trinajstić information content (AvgIpc) is 3.53. The summed E-state index contributed by atoms with van der Waals surface area (Å²) >= 11 is 0. The quantitative estimate of drug-likeness (QED) is 0.703. The van der Waals surface area contributed by atoms with Crippen LogP contribution in [0.4, 0.5) is 0 Å². The first-order chi connectivity index (χ1) is 12.7. The van der Waals surface area contributed by atoms with Gasteiger partial charge in [-0.1, -0.05) is 54.6 Å². The van der Waals surface area contributed by atoms with Gasteiger partial charge in [-0.3, -0.25) is 4.79 Å². The minimum absolute atomic E-state index is 0.297. The zero-order chi connectivity index (χ0) is 17.9. The van der Waals surface area contributed by atoms with Crippen LogP contribution in [0.5, 0.6) is 0 Å². The van der Waals surface area contributed by atoms with Crippen LogP contribution in [0.25, 0.3) is 0 Å². The Hall–Kier alpha value is -2.09. The molecule has 2 aliphatic rings. The Morgan fingerprint density at radius 3 is 2.19 bits per heavy atom. The lowest BCUT2D eigenvalue weighted by atomic mass is 9.81. The molecule has 2 aliphatic carbocycles. The van der Waals surface area contributed by atoms with Crippen LogP contribution in [-0.2, 0) is 11.3 Å². The number of amides is 1. The summed E-state index contributed by atoms with van der Waals surface area (Å²) in [6.45, 7) is 2.93. The van der Waals surface area contributed by atoms with Crippen LogP contribution < -0.4 is 0 Å². The number of hydrogen-bond donors (Lipinski definition) is 0. The second-order valence-corrected chi connectivity index (χ2v) is 8.08. The molecule has 0 atom stereocenters. The SMILES string of the molecule is Cc1ccccc1CN(C(=O)C1CC1)C1CCC(c2ccccc2)CC1. The van der Waals surface area contributed by atoms with Gasteiger partial charge in [0, 0.05) is 18.5 Å². The summed E-state index contributed by atoms with van der Waals surface area (Å²) in [7, 11) is 0. The van der Waals surface area contributed by atoms with E-state index in [0.29, 0.717) is 23.8 Å². The van der Waals surface area contributed by atoms with Crippen molar-refractivity contribution in [1.29, 1.82) is 0 Å². The fourth-order valence-electron chi connectivity index (χ4n) is 4.37. The van der Waals surface area contributed by atoms with Crippen molar-refractivity contribution in [2.45, 2.75) is 64.0 Å². The summed E-state index contributed by atoms with van der Waals surface area (Å²) in [4.78, 5) is 15.2. The van der Waals surface area contributed by atoms with Gasteiger partial charge in [0.05, 0.1) is 0 Å². The van der Waals surface area contributed by atoms with Crippen molar-refractivity contribution in [3.8, 4) is 0 Å². The second-order valence-electron chi connectivity index (χ2n) is 8.08. The maximum atomic E-state index is 13.0. The molecule has 136 valence electrons. The Labute approximate surface area is 157 Å². The standard InChI is InChI=1S/C24H29NO/c1-18-7-5-6-10-22(18)17-25(24(26)21-11-12-21)23-15-13-20(14-16-23)19-8-3-2-4-9-19/h2-10,20-21,23H,11-17H2,1H3. The molecule has 0 aromatic heterocycles. The molecule has 2 aromatic rings. The third-order valence-corrected chi connectivity index (χ3v) is 6.22. The molecule has 26 heavy (non-hydrogen) atoms. The number of carbonyl (C=O) groups excluding carboxylic acids is 1. The fraction of sp³-hybridized carbons (Fsp3) is 0.458. The lowest BCUT2D eigenvalue weighted by Gasteiger charge is -2.37. The van der Waals surface area contributed by atoms with Gasteiger partial charge >= 0.3 is 0 Å². The van der Waals surface area contributed by atoms with Gasteiger partial charge in [-0.05, 0) is 68.1 Å². The Morgan fingerprint density at radius 2 is 1.54 bits per heavy atom. The minimum Gasteiger partial charge on any atom is -0.335 e. The smallest absolute Gasteiger partial charge is 0.226 e. The molecule has 0 bridgehead atoms. The number of carbonyl (C=O) groups is 1.